The third-order valence-electron chi connectivity index (χ3n) is 5.38. The molecular formula is C23H26N2O5S2. The van der Waals surface area contributed by atoms with Crippen molar-refractivity contribution >= 4 is 42.4 Å². The lowest BCUT2D eigenvalue weighted by molar-refractivity contribution is -0.118. The van der Waals surface area contributed by atoms with Gasteiger partial charge in [0.05, 0.1) is 41.5 Å². The van der Waals surface area contributed by atoms with Crippen LogP contribution in [0.15, 0.2) is 48.5 Å². The fourth-order valence-corrected chi connectivity index (χ4v) is 6.04. The summed E-state index contributed by atoms with van der Waals surface area (Å²) < 4.78 is 37.1. The molecule has 1 aliphatic heterocycles. The molecule has 9 heteroatoms. The number of anilines is 1. The Morgan fingerprint density at radius 3 is 2.78 bits per heavy atom. The molecule has 170 valence electrons. The number of nitrogens with zero attached hydrogens (tertiary/aromatic N) is 2. The third-order valence-corrected chi connectivity index (χ3v) is 8.02. The van der Waals surface area contributed by atoms with Gasteiger partial charge in [0.25, 0.3) is 0 Å². The Morgan fingerprint density at radius 1 is 1.25 bits per heavy atom. The van der Waals surface area contributed by atoms with Gasteiger partial charge < -0.3 is 9.47 Å². The topological polar surface area (TPSA) is 85.8 Å². The standard InChI is InChI=1S/C23H26N2O5S2/c1-29-18-9-10-20-21(14-18)31-23(24-20)25(15-19-8-5-12-30-19)22(26)11-13-32(27,28)16-17-6-3-2-4-7-17/h2-4,6-7,9-10,14,19H,5,8,11-13,15-16H2,1H3. The Labute approximate surface area is 191 Å². The van der Waals surface area contributed by atoms with Gasteiger partial charge in [0.2, 0.25) is 5.91 Å². The van der Waals surface area contributed by atoms with E-state index in [1.165, 1.54) is 11.3 Å². The predicted octanol–water partition coefficient (Wildman–Crippen LogP) is 3.82. The van der Waals surface area contributed by atoms with E-state index in [-0.39, 0.29) is 29.9 Å². The predicted molar refractivity (Wildman–Crippen MR) is 126 cm³/mol. The van der Waals surface area contributed by atoms with Crippen LogP contribution in [0.25, 0.3) is 10.2 Å². The molecule has 1 aliphatic rings. The molecule has 1 amide bonds. The van der Waals surface area contributed by atoms with E-state index in [1.807, 2.05) is 36.4 Å². The van der Waals surface area contributed by atoms with Gasteiger partial charge in [-0.3, -0.25) is 9.69 Å². The molecule has 0 N–H and O–H groups in total. The fraction of sp³-hybridized carbons (Fsp3) is 0.391. The van der Waals surface area contributed by atoms with E-state index in [4.69, 9.17) is 9.47 Å². The molecule has 1 atom stereocenters. The molecule has 3 aromatic rings. The molecule has 0 spiro atoms. The number of carbonyl (C=O) groups excluding carboxylic acids is 1. The monoisotopic (exact) mass is 474 g/mol. The highest BCUT2D eigenvalue weighted by atomic mass is 32.2. The molecule has 0 saturated carbocycles. The summed E-state index contributed by atoms with van der Waals surface area (Å²) in [6, 6.07) is 14.6. The Hall–Kier alpha value is -2.49. The zero-order chi connectivity index (χ0) is 22.6. The first kappa shape index (κ1) is 22.7. The number of amides is 1. The van der Waals surface area contributed by atoms with Crippen LogP contribution >= 0.6 is 11.3 Å². The Balaban J connectivity index is 1.51. The van der Waals surface area contributed by atoms with Crippen molar-refractivity contribution in [3.8, 4) is 5.75 Å². The Morgan fingerprint density at radius 2 is 2.06 bits per heavy atom. The number of thiazole rings is 1. The second-order valence-electron chi connectivity index (χ2n) is 7.80. The van der Waals surface area contributed by atoms with Crippen LogP contribution in [0.3, 0.4) is 0 Å². The van der Waals surface area contributed by atoms with Crippen molar-refractivity contribution in [1.29, 1.82) is 0 Å². The molecule has 7 nitrogen and oxygen atoms in total. The average Bonchev–Trinajstić information content (AvgIpc) is 3.45. The van der Waals surface area contributed by atoms with Gasteiger partial charge in [-0.2, -0.15) is 0 Å². The quantitative estimate of drug-likeness (QED) is 0.469. The van der Waals surface area contributed by atoms with Gasteiger partial charge in [0.15, 0.2) is 15.0 Å². The highest BCUT2D eigenvalue weighted by molar-refractivity contribution is 7.90. The van der Waals surface area contributed by atoms with E-state index >= 15 is 0 Å². The molecule has 2 heterocycles. The number of rotatable bonds is 9. The van der Waals surface area contributed by atoms with Gasteiger partial charge in [-0.25, -0.2) is 13.4 Å². The van der Waals surface area contributed by atoms with Gasteiger partial charge >= 0.3 is 0 Å². The number of benzene rings is 2. The fourth-order valence-electron chi connectivity index (χ4n) is 3.69. The van der Waals surface area contributed by atoms with Crippen molar-refractivity contribution in [1.82, 2.24) is 4.98 Å². The highest BCUT2D eigenvalue weighted by Crippen LogP contribution is 2.32. The van der Waals surface area contributed by atoms with Crippen molar-refractivity contribution in [3.63, 3.8) is 0 Å². The lowest BCUT2D eigenvalue weighted by atomic mass is 10.2. The van der Waals surface area contributed by atoms with Gasteiger partial charge in [0, 0.05) is 13.0 Å². The first-order valence-electron chi connectivity index (χ1n) is 10.5. The summed E-state index contributed by atoms with van der Waals surface area (Å²) in [5.74, 6) is 0.176. The van der Waals surface area contributed by atoms with Crippen LogP contribution in [0, 0.1) is 0 Å². The normalized spacial score (nSPS) is 16.3. The summed E-state index contributed by atoms with van der Waals surface area (Å²) in [5.41, 5.74) is 1.49. The lowest BCUT2D eigenvalue weighted by Crippen LogP contribution is -2.38. The summed E-state index contributed by atoms with van der Waals surface area (Å²) >= 11 is 1.39. The van der Waals surface area contributed by atoms with Crippen molar-refractivity contribution < 1.29 is 22.7 Å². The highest BCUT2D eigenvalue weighted by Gasteiger charge is 2.27. The maximum absolute atomic E-state index is 13.2. The number of carbonyl (C=O) groups is 1. The average molecular weight is 475 g/mol. The number of ether oxygens (including phenoxy) is 2. The van der Waals surface area contributed by atoms with E-state index in [0.29, 0.717) is 18.3 Å². The first-order valence-corrected chi connectivity index (χ1v) is 13.2. The lowest BCUT2D eigenvalue weighted by Gasteiger charge is -2.23. The van der Waals surface area contributed by atoms with Crippen LogP contribution in [0.5, 0.6) is 5.75 Å². The second kappa shape index (κ2) is 9.97. The van der Waals surface area contributed by atoms with Gasteiger partial charge in [-0.15, -0.1) is 0 Å². The maximum atomic E-state index is 13.2. The summed E-state index contributed by atoms with van der Waals surface area (Å²) in [6.45, 7) is 1.05. The largest absolute Gasteiger partial charge is 0.497 e. The molecule has 1 unspecified atom stereocenters. The van der Waals surface area contributed by atoms with E-state index in [1.54, 1.807) is 24.1 Å². The summed E-state index contributed by atoms with van der Waals surface area (Å²) in [6.07, 6.45) is 1.66. The summed E-state index contributed by atoms with van der Waals surface area (Å²) in [5, 5.41) is 0.550. The molecule has 32 heavy (non-hydrogen) atoms. The number of sulfone groups is 1. The van der Waals surface area contributed by atoms with Crippen LogP contribution in [0.4, 0.5) is 5.13 Å². The van der Waals surface area contributed by atoms with Crippen molar-refractivity contribution in [2.24, 2.45) is 0 Å². The Kier molecular flexibility index (Phi) is 7.07. The zero-order valence-corrected chi connectivity index (χ0v) is 19.5. The molecule has 2 aromatic carbocycles. The van der Waals surface area contributed by atoms with Crippen molar-refractivity contribution in [2.75, 3.05) is 30.9 Å². The number of hydrogen-bond donors (Lipinski definition) is 0. The van der Waals surface area contributed by atoms with Gasteiger partial charge in [-0.1, -0.05) is 41.7 Å². The molecule has 1 fully saturated rings. The van der Waals surface area contributed by atoms with Gasteiger partial charge in [-0.05, 0) is 36.6 Å². The minimum Gasteiger partial charge on any atom is -0.497 e. The number of methoxy groups -OCH3 is 1. The second-order valence-corrected chi connectivity index (χ2v) is 11.0. The molecule has 4 rings (SSSR count). The molecular weight excluding hydrogens is 448 g/mol. The summed E-state index contributed by atoms with van der Waals surface area (Å²) in [7, 11) is -1.82. The van der Waals surface area contributed by atoms with E-state index in [2.05, 4.69) is 4.98 Å². The molecule has 1 saturated heterocycles. The molecule has 0 bridgehead atoms. The van der Waals surface area contributed by atoms with Crippen molar-refractivity contribution in [2.45, 2.75) is 31.1 Å². The van der Waals surface area contributed by atoms with E-state index in [0.717, 1.165) is 34.4 Å². The number of hydrogen-bond acceptors (Lipinski definition) is 7. The summed E-state index contributed by atoms with van der Waals surface area (Å²) in [4.78, 5) is 19.4. The first-order chi connectivity index (χ1) is 15.4. The van der Waals surface area contributed by atoms with Crippen LogP contribution in [-0.2, 0) is 25.1 Å². The Bertz CT molecular complexity index is 1170. The maximum Gasteiger partial charge on any atom is 0.229 e. The van der Waals surface area contributed by atoms with Crippen LogP contribution in [0.1, 0.15) is 24.8 Å². The molecule has 0 aliphatic carbocycles. The third kappa shape index (κ3) is 5.65. The van der Waals surface area contributed by atoms with Crippen LogP contribution in [-0.4, -0.2) is 51.4 Å². The van der Waals surface area contributed by atoms with E-state index < -0.39 is 9.84 Å². The number of fused-ring (bicyclic) bond motifs is 1. The van der Waals surface area contributed by atoms with Crippen LogP contribution in [0.2, 0.25) is 0 Å². The zero-order valence-electron chi connectivity index (χ0n) is 17.9. The number of aromatic nitrogens is 1. The minimum atomic E-state index is -3.42. The minimum absolute atomic E-state index is 0.0681. The van der Waals surface area contributed by atoms with Crippen molar-refractivity contribution in [3.05, 3.63) is 54.1 Å². The molecule has 0 radical (unpaired) electrons. The van der Waals surface area contributed by atoms with Crippen LogP contribution < -0.4 is 9.64 Å². The smallest absolute Gasteiger partial charge is 0.229 e. The molecule has 1 aromatic heterocycles. The SMILES string of the molecule is COc1ccc2nc(N(CC3CCCO3)C(=O)CCS(=O)(=O)Cc3ccccc3)sc2c1. The van der Waals surface area contributed by atoms with Gasteiger partial charge in [0.1, 0.15) is 5.75 Å². The van der Waals surface area contributed by atoms with E-state index in [9.17, 15) is 13.2 Å².